The predicted molar refractivity (Wildman–Crippen MR) is 316 cm³/mol. The Morgan fingerprint density at radius 1 is 0.411 bits per heavy atom. The summed E-state index contributed by atoms with van der Waals surface area (Å²) in [4.78, 5) is 2.60. The van der Waals surface area contributed by atoms with Crippen LogP contribution in [0.3, 0.4) is 0 Å². The van der Waals surface area contributed by atoms with Gasteiger partial charge in [0.25, 0.3) is 0 Å². The lowest BCUT2D eigenvalue weighted by Gasteiger charge is -2.40. The number of aromatic nitrogens is 2. The molecule has 0 bridgehead atoms. The fraction of sp³-hybridized carbons (Fsp3) is 0.353. The van der Waals surface area contributed by atoms with Crippen molar-refractivity contribution < 1.29 is 4.42 Å². The molecule has 7 aromatic carbocycles. The molecule has 0 N–H and O–H groups in total. The molecular weight excluding hydrogens is 886 g/mol. The Bertz CT molecular complexity index is 3940. The van der Waals surface area contributed by atoms with Gasteiger partial charge >= 0.3 is 6.85 Å². The second-order valence-corrected chi connectivity index (χ2v) is 28.0. The minimum Gasteiger partial charge on any atom is -0.466 e. The molecule has 2 aliphatic rings. The van der Waals surface area contributed by atoms with Crippen LogP contribution in [-0.2, 0) is 32.5 Å². The lowest BCUT2D eigenvalue weighted by molar-refractivity contribution is 0.557. The summed E-state index contributed by atoms with van der Waals surface area (Å²) in [6, 6.07) is 47.7. The van der Waals surface area contributed by atoms with E-state index in [0.717, 1.165) is 28.3 Å². The molecule has 5 heteroatoms. The van der Waals surface area contributed by atoms with Crippen LogP contribution < -0.4 is 16.0 Å². The van der Waals surface area contributed by atoms with Crippen molar-refractivity contribution in [2.75, 3.05) is 4.90 Å². The van der Waals surface area contributed by atoms with Gasteiger partial charge in [-0.3, -0.25) is 0 Å². The average molecular weight is 960 g/mol. The molecule has 0 saturated carbocycles. The van der Waals surface area contributed by atoms with Gasteiger partial charge in [-0.05, 0) is 138 Å². The molecular formula is C68H74BN3O. The summed E-state index contributed by atoms with van der Waals surface area (Å²) in [5.74, 6) is 0. The smallest absolute Gasteiger partial charge is 0.375 e. The minimum atomic E-state index is -0.259. The number of para-hydroxylation sites is 1. The third kappa shape index (κ3) is 7.07. The van der Waals surface area contributed by atoms with Crippen LogP contribution in [0.25, 0.3) is 71.4 Å². The van der Waals surface area contributed by atoms with Gasteiger partial charge in [-0.1, -0.05) is 179 Å². The van der Waals surface area contributed by atoms with Crippen molar-refractivity contribution in [1.82, 2.24) is 9.05 Å². The highest BCUT2D eigenvalue weighted by Gasteiger charge is 2.48. The first-order chi connectivity index (χ1) is 34.0. The number of fused-ring (bicyclic) bond motifs is 13. The van der Waals surface area contributed by atoms with Crippen molar-refractivity contribution in [1.29, 1.82) is 0 Å². The van der Waals surface area contributed by atoms with Crippen LogP contribution in [0.15, 0.2) is 126 Å². The first kappa shape index (κ1) is 47.5. The van der Waals surface area contributed by atoms with E-state index < -0.39 is 0 Å². The van der Waals surface area contributed by atoms with Crippen molar-refractivity contribution in [3.8, 4) is 16.8 Å². The average Bonchev–Trinajstić information content (AvgIpc) is 3.96. The van der Waals surface area contributed by atoms with Crippen molar-refractivity contribution in [3.05, 3.63) is 155 Å². The van der Waals surface area contributed by atoms with Crippen molar-refractivity contribution in [2.45, 2.75) is 157 Å². The van der Waals surface area contributed by atoms with Gasteiger partial charge in [0.05, 0.1) is 16.7 Å². The molecule has 0 spiro atoms. The molecule has 5 heterocycles. The molecule has 3 aromatic heterocycles. The van der Waals surface area contributed by atoms with Crippen LogP contribution in [0.1, 0.15) is 158 Å². The molecule has 370 valence electrons. The Hall–Kier alpha value is -6.46. The molecule has 0 saturated heterocycles. The Balaban J connectivity index is 1.35. The quantitative estimate of drug-likeness (QED) is 0.161. The summed E-state index contributed by atoms with van der Waals surface area (Å²) in [5, 5.41) is 6.30. The molecule has 0 radical (unpaired) electrons. The van der Waals surface area contributed by atoms with E-state index in [-0.39, 0.29) is 39.3 Å². The van der Waals surface area contributed by atoms with E-state index in [1.807, 2.05) is 0 Å². The SMILES string of the molecule is CC(C)(C)c1ccc(N2c3cc(C(C)(C)C)cc4c3B(c3oc5c(C(C)(C)C)cc(C(C)(C)C)cc5c32)n2c3ccc(C(C)(C)C)cc3c3cc5c6cc(C(C)(C)C)ccc6n(-c6ccccc6)c5c-4c32)cc1. The van der Waals surface area contributed by atoms with E-state index in [2.05, 4.69) is 260 Å². The predicted octanol–water partition coefficient (Wildman–Crippen LogP) is 17.8. The van der Waals surface area contributed by atoms with Gasteiger partial charge < -0.3 is 18.4 Å². The van der Waals surface area contributed by atoms with E-state index in [0.29, 0.717) is 0 Å². The van der Waals surface area contributed by atoms with Gasteiger partial charge in [0, 0.05) is 66.2 Å². The lowest BCUT2D eigenvalue weighted by Crippen LogP contribution is -2.56. The maximum absolute atomic E-state index is 7.84. The molecule has 0 amide bonds. The van der Waals surface area contributed by atoms with Gasteiger partial charge in [-0.2, -0.15) is 0 Å². The third-order valence-electron chi connectivity index (χ3n) is 16.6. The Morgan fingerprint density at radius 3 is 1.51 bits per heavy atom. The zero-order valence-electron chi connectivity index (χ0n) is 46.9. The summed E-state index contributed by atoms with van der Waals surface area (Å²) in [7, 11) is 0. The highest BCUT2D eigenvalue weighted by Crippen LogP contribution is 2.54. The van der Waals surface area contributed by atoms with Crippen LogP contribution in [0.4, 0.5) is 17.1 Å². The maximum atomic E-state index is 7.84. The van der Waals surface area contributed by atoms with Crippen LogP contribution in [0, 0.1) is 0 Å². The van der Waals surface area contributed by atoms with Gasteiger partial charge in [0.15, 0.2) is 0 Å². The third-order valence-corrected chi connectivity index (χ3v) is 16.6. The Labute approximate surface area is 434 Å². The molecule has 10 aromatic rings. The number of benzene rings is 7. The zero-order chi connectivity index (χ0) is 52.0. The number of anilines is 3. The highest BCUT2D eigenvalue weighted by atomic mass is 16.3. The summed E-state index contributed by atoms with van der Waals surface area (Å²) in [6.07, 6.45) is 0. The Kier molecular flexibility index (Phi) is 9.82. The largest absolute Gasteiger partial charge is 0.466 e. The standard InChI is InChI=1S/C68H74BN3O/c1-63(2,3)39-24-28-45(29-25-39)71-55-37-43(67(13,14)15)34-50-56-58-48(46-32-40(64(4,5)6)26-30-53(46)70(58)44-22-20-19-21-23-44)38-49-47-33-41(65(7,8)9)27-31-54(47)72(59(49)56)69(57(50)55)62-60(71)51-35-42(66(10,11)12)36-52(61(51)73-62)68(16,17)18/h19-38H,1-18H3. The van der Waals surface area contributed by atoms with Gasteiger partial charge in [0.2, 0.25) is 0 Å². The molecule has 0 fully saturated rings. The topological polar surface area (TPSA) is 26.2 Å². The summed E-state index contributed by atoms with van der Waals surface area (Å²) < 4.78 is 13.1. The van der Waals surface area contributed by atoms with Crippen LogP contribution in [-0.4, -0.2) is 15.9 Å². The van der Waals surface area contributed by atoms with Crippen molar-refractivity contribution in [2.24, 2.45) is 0 Å². The summed E-state index contributed by atoms with van der Waals surface area (Å²) in [6.45, 7) is 41.9. The maximum Gasteiger partial charge on any atom is 0.375 e. The fourth-order valence-electron chi connectivity index (χ4n) is 12.2. The molecule has 0 atom stereocenters. The zero-order valence-corrected chi connectivity index (χ0v) is 46.9. The van der Waals surface area contributed by atoms with E-state index >= 15 is 0 Å². The molecule has 12 rings (SSSR count). The normalized spacial score (nSPS) is 14.4. The van der Waals surface area contributed by atoms with E-state index in [9.17, 15) is 0 Å². The summed E-state index contributed by atoms with van der Waals surface area (Å²) in [5.41, 5.74) is 22.7. The second kappa shape index (κ2) is 15.1. The first-order valence-corrected chi connectivity index (χ1v) is 26.9. The highest BCUT2D eigenvalue weighted by molar-refractivity contribution is 6.89. The van der Waals surface area contributed by atoms with Gasteiger partial charge in [0.1, 0.15) is 11.2 Å². The van der Waals surface area contributed by atoms with Crippen LogP contribution in [0.2, 0.25) is 0 Å². The number of nitrogens with zero attached hydrogens (tertiary/aromatic N) is 3. The number of hydrogen-bond acceptors (Lipinski definition) is 2. The molecule has 0 unspecified atom stereocenters. The number of hydrogen-bond donors (Lipinski definition) is 0. The van der Waals surface area contributed by atoms with E-state index in [1.54, 1.807) is 0 Å². The summed E-state index contributed by atoms with van der Waals surface area (Å²) >= 11 is 0. The van der Waals surface area contributed by atoms with Gasteiger partial charge in [-0.25, -0.2) is 0 Å². The van der Waals surface area contributed by atoms with Crippen molar-refractivity contribution >= 4 is 89.6 Å². The second-order valence-electron chi connectivity index (χ2n) is 28.0. The van der Waals surface area contributed by atoms with Crippen LogP contribution >= 0.6 is 0 Å². The van der Waals surface area contributed by atoms with Crippen molar-refractivity contribution in [3.63, 3.8) is 0 Å². The van der Waals surface area contributed by atoms with E-state index in [4.69, 9.17) is 4.42 Å². The van der Waals surface area contributed by atoms with Crippen LogP contribution in [0.5, 0.6) is 0 Å². The molecule has 73 heavy (non-hydrogen) atoms. The van der Waals surface area contributed by atoms with Gasteiger partial charge in [-0.15, -0.1) is 0 Å². The lowest BCUT2D eigenvalue weighted by atomic mass is 9.47. The Morgan fingerprint density at radius 2 is 0.932 bits per heavy atom. The van der Waals surface area contributed by atoms with E-state index in [1.165, 1.54) is 105 Å². The minimum absolute atomic E-state index is 0.00119. The molecule has 0 aliphatic carbocycles. The molecule has 4 nitrogen and oxygen atoms in total. The first-order valence-electron chi connectivity index (χ1n) is 26.9. The molecule has 2 aliphatic heterocycles. The fourth-order valence-corrected chi connectivity index (χ4v) is 12.2. The number of rotatable bonds is 2. The monoisotopic (exact) mass is 960 g/mol. The number of furan rings is 1.